The van der Waals surface area contributed by atoms with Crippen LogP contribution < -0.4 is 9.62 Å². The largest absolute Gasteiger partial charge is 0.352 e. The maximum absolute atomic E-state index is 13.9. The Labute approximate surface area is 232 Å². The molecule has 2 amide bonds. The van der Waals surface area contributed by atoms with Crippen molar-refractivity contribution in [2.45, 2.75) is 64.4 Å². The average Bonchev–Trinajstić information content (AvgIpc) is 2.93. The van der Waals surface area contributed by atoms with Crippen LogP contribution in [-0.4, -0.2) is 50.3 Å². The van der Waals surface area contributed by atoms with Crippen molar-refractivity contribution < 1.29 is 18.0 Å². The van der Waals surface area contributed by atoms with Crippen LogP contribution in [0.4, 0.5) is 5.69 Å². The monoisotopic (exact) mass is 549 g/mol. The van der Waals surface area contributed by atoms with E-state index in [0.717, 1.165) is 27.4 Å². The summed E-state index contributed by atoms with van der Waals surface area (Å²) in [7, 11) is -4.07. The molecule has 0 fully saturated rings. The van der Waals surface area contributed by atoms with E-state index in [9.17, 15) is 18.0 Å². The molecule has 0 saturated carbocycles. The molecule has 0 aliphatic rings. The highest BCUT2D eigenvalue weighted by Gasteiger charge is 2.33. The first-order valence-corrected chi connectivity index (χ1v) is 14.8. The van der Waals surface area contributed by atoms with Gasteiger partial charge in [-0.2, -0.15) is 0 Å². The van der Waals surface area contributed by atoms with Crippen LogP contribution in [0.1, 0.15) is 43.9 Å². The first kappa shape index (κ1) is 29.9. The zero-order valence-electron chi connectivity index (χ0n) is 23.4. The predicted octanol–water partition coefficient (Wildman–Crippen LogP) is 4.87. The van der Waals surface area contributed by atoms with Crippen molar-refractivity contribution in [3.63, 3.8) is 0 Å². The van der Waals surface area contributed by atoms with Crippen LogP contribution in [-0.2, 0) is 26.0 Å². The lowest BCUT2D eigenvalue weighted by molar-refractivity contribution is -0.139. The summed E-state index contributed by atoms with van der Waals surface area (Å²) in [6.07, 6.45) is 1.29. The molecule has 0 radical (unpaired) electrons. The molecule has 7 nitrogen and oxygen atoms in total. The second kappa shape index (κ2) is 13.4. The molecule has 3 aromatic carbocycles. The number of nitrogens with zero attached hydrogens (tertiary/aromatic N) is 2. The van der Waals surface area contributed by atoms with Gasteiger partial charge in [0.2, 0.25) is 11.8 Å². The van der Waals surface area contributed by atoms with Gasteiger partial charge in [-0.05, 0) is 69.9 Å². The highest BCUT2D eigenvalue weighted by molar-refractivity contribution is 7.92. The summed E-state index contributed by atoms with van der Waals surface area (Å²) < 4.78 is 28.9. The lowest BCUT2D eigenvalue weighted by atomic mass is 10.1. The number of sulfonamides is 1. The molecule has 0 aromatic heterocycles. The minimum absolute atomic E-state index is 0.0452. The highest BCUT2D eigenvalue weighted by atomic mass is 32.2. The van der Waals surface area contributed by atoms with Crippen molar-refractivity contribution >= 4 is 27.5 Å². The molecule has 0 bridgehead atoms. The van der Waals surface area contributed by atoms with Crippen molar-refractivity contribution in [1.29, 1.82) is 0 Å². The Morgan fingerprint density at radius 1 is 0.897 bits per heavy atom. The van der Waals surface area contributed by atoms with E-state index in [1.54, 1.807) is 31.2 Å². The molecule has 3 aromatic rings. The van der Waals surface area contributed by atoms with E-state index in [1.807, 2.05) is 70.2 Å². The first-order chi connectivity index (χ1) is 18.5. The summed E-state index contributed by atoms with van der Waals surface area (Å²) in [5, 5.41) is 2.95. The molecule has 208 valence electrons. The van der Waals surface area contributed by atoms with Crippen molar-refractivity contribution in [1.82, 2.24) is 10.2 Å². The van der Waals surface area contributed by atoms with Gasteiger partial charge in [-0.25, -0.2) is 8.42 Å². The van der Waals surface area contributed by atoms with Crippen molar-refractivity contribution in [2.75, 3.05) is 17.4 Å². The number of hydrogen-bond acceptors (Lipinski definition) is 4. The van der Waals surface area contributed by atoms with Gasteiger partial charge in [-0.1, -0.05) is 73.2 Å². The number of aryl methyl sites for hydroxylation is 2. The molecule has 39 heavy (non-hydrogen) atoms. The van der Waals surface area contributed by atoms with E-state index >= 15 is 0 Å². The molecular weight excluding hydrogens is 510 g/mol. The quantitative estimate of drug-likeness (QED) is 0.349. The maximum Gasteiger partial charge on any atom is 0.264 e. The Kier molecular flexibility index (Phi) is 10.3. The summed E-state index contributed by atoms with van der Waals surface area (Å²) in [6, 6.07) is 22.4. The maximum atomic E-state index is 13.9. The molecule has 0 heterocycles. The van der Waals surface area contributed by atoms with Crippen LogP contribution in [0.2, 0.25) is 0 Å². The van der Waals surface area contributed by atoms with Crippen LogP contribution >= 0.6 is 0 Å². The normalized spacial score (nSPS) is 12.8. The lowest BCUT2D eigenvalue weighted by Gasteiger charge is -2.33. The number of rotatable bonds is 12. The summed E-state index contributed by atoms with van der Waals surface area (Å²) in [5.41, 5.74) is 3.17. The number of nitrogens with one attached hydrogen (secondary N) is 1. The van der Waals surface area contributed by atoms with Gasteiger partial charge in [0.1, 0.15) is 12.6 Å². The summed E-state index contributed by atoms with van der Waals surface area (Å²) in [6.45, 7) is 9.17. The van der Waals surface area contributed by atoms with E-state index in [0.29, 0.717) is 12.1 Å². The first-order valence-electron chi connectivity index (χ1n) is 13.3. The molecule has 2 unspecified atom stereocenters. The smallest absolute Gasteiger partial charge is 0.264 e. The lowest BCUT2D eigenvalue weighted by Crippen LogP contribution is -2.53. The zero-order chi connectivity index (χ0) is 28.6. The number of amides is 2. The second-order valence-corrected chi connectivity index (χ2v) is 11.8. The molecule has 0 aliphatic heterocycles. The van der Waals surface area contributed by atoms with Gasteiger partial charge in [0.05, 0.1) is 10.6 Å². The van der Waals surface area contributed by atoms with Crippen LogP contribution in [0.15, 0.2) is 83.8 Å². The predicted molar refractivity (Wildman–Crippen MR) is 156 cm³/mol. The number of anilines is 1. The molecule has 3 rings (SSSR count). The van der Waals surface area contributed by atoms with Gasteiger partial charge >= 0.3 is 0 Å². The van der Waals surface area contributed by atoms with Crippen molar-refractivity contribution in [2.24, 2.45) is 0 Å². The zero-order valence-corrected chi connectivity index (χ0v) is 24.2. The van der Waals surface area contributed by atoms with Gasteiger partial charge < -0.3 is 10.2 Å². The van der Waals surface area contributed by atoms with Gasteiger partial charge in [0, 0.05) is 12.6 Å². The Morgan fingerprint density at radius 2 is 1.51 bits per heavy atom. The van der Waals surface area contributed by atoms with E-state index < -0.39 is 28.5 Å². The van der Waals surface area contributed by atoms with Crippen molar-refractivity contribution in [3.8, 4) is 0 Å². The molecule has 2 atom stereocenters. The third kappa shape index (κ3) is 7.69. The number of benzene rings is 3. The Balaban J connectivity index is 1.99. The molecule has 0 aliphatic carbocycles. The van der Waals surface area contributed by atoms with Crippen LogP contribution in [0.25, 0.3) is 0 Å². The topological polar surface area (TPSA) is 86.8 Å². The number of carbonyl (C=O) groups is 2. The second-order valence-electron chi connectivity index (χ2n) is 9.93. The van der Waals surface area contributed by atoms with Crippen LogP contribution in [0.5, 0.6) is 0 Å². The summed E-state index contributed by atoms with van der Waals surface area (Å²) >= 11 is 0. The summed E-state index contributed by atoms with van der Waals surface area (Å²) in [4.78, 5) is 28.6. The van der Waals surface area contributed by atoms with E-state index in [-0.39, 0.29) is 23.4 Å². The highest BCUT2D eigenvalue weighted by Crippen LogP contribution is 2.28. The minimum atomic E-state index is -4.07. The fourth-order valence-electron chi connectivity index (χ4n) is 4.35. The molecular formula is C31H39N3O4S. The minimum Gasteiger partial charge on any atom is -0.352 e. The average molecular weight is 550 g/mol. The molecule has 8 heteroatoms. The number of hydrogen-bond donors (Lipinski definition) is 1. The Hall–Kier alpha value is -3.65. The molecule has 0 spiro atoms. The fraction of sp³-hybridized carbons (Fsp3) is 0.355. The van der Waals surface area contributed by atoms with Gasteiger partial charge in [0.15, 0.2) is 0 Å². The third-order valence-corrected chi connectivity index (χ3v) is 8.66. The SMILES string of the molecule is CCC(C)NC(=O)C(C)N(CCc1ccccc1)C(=O)CN(c1ccc(C)cc1C)S(=O)(=O)c1ccccc1. The Morgan fingerprint density at radius 3 is 2.10 bits per heavy atom. The standard InChI is InChI=1S/C31H39N3O4S/c1-6-25(4)32-31(36)26(5)33(20-19-27-13-9-7-10-14-27)30(35)22-34(29-18-17-23(2)21-24(29)3)39(37,38)28-15-11-8-12-16-28/h7-18,21,25-26H,6,19-20,22H2,1-5H3,(H,32,36). The summed E-state index contributed by atoms with van der Waals surface area (Å²) in [5.74, 6) is -0.716. The number of carbonyl (C=O) groups excluding carboxylic acids is 2. The molecule has 0 saturated heterocycles. The van der Waals surface area contributed by atoms with Gasteiger partial charge in [-0.3, -0.25) is 13.9 Å². The van der Waals surface area contributed by atoms with Gasteiger partial charge in [-0.15, -0.1) is 0 Å². The van der Waals surface area contributed by atoms with Crippen molar-refractivity contribution in [3.05, 3.63) is 95.6 Å². The van der Waals surface area contributed by atoms with E-state index in [1.165, 1.54) is 17.0 Å². The van der Waals surface area contributed by atoms with E-state index in [2.05, 4.69) is 5.32 Å². The Bertz CT molecular complexity index is 1360. The van der Waals surface area contributed by atoms with Crippen LogP contribution in [0.3, 0.4) is 0 Å². The third-order valence-electron chi connectivity index (χ3n) is 6.88. The van der Waals surface area contributed by atoms with Crippen LogP contribution in [0, 0.1) is 13.8 Å². The van der Waals surface area contributed by atoms with E-state index in [4.69, 9.17) is 0 Å². The van der Waals surface area contributed by atoms with Gasteiger partial charge in [0.25, 0.3) is 10.0 Å². The fourth-order valence-corrected chi connectivity index (χ4v) is 5.85. The molecule has 1 N–H and O–H groups in total.